The van der Waals surface area contributed by atoms with Crippen LogP contribution in [-0.4, -0.2) is 8.42 Å². The van der Waals surface area contributed by atoms with Gasteiger partial charge in [0.1, 0.15) is 44.7 Å². The summed E-state index contributed by atoms with van der Waals surface area (Å²) in [5.41, 5.74) is 0. The van der Waals surface area contributed by atoms with Gasteiger partial charge in [-0.1, -0.05) is 0 Å². The minimum atomic E-state index is -5.33. The van der Waals surface area contributed by atoms with Gasteiger partial charge in [-0.2, -0.15) is 0 Å². The molecule has 0 heterocycles. The van der Waals surface area contributed by atoms with Crippen LogP contribution in [0.4, 0.5) is 26.3 Å². The highest BCUT2D eigenvalue weighted by Gasteiger charge is 2.32. The summed E-state index contributed by atoms with van der Waals surface area (Å²) in [6, 6.07) is 0.148. The predicted molar refractivity (Wildman–Crippen MR) is 58.1 cm³/mol. The Morgan fingerprint density at radius 1 is 0.571 bits per heavy atom. The molecule has 0 aliphatic rings. The van der Waals surface area contributed by atoms with E-state index in [0.29, 0.717) is 0 Å². The van der Waals surface area contributed by atoms with Crippen molar-refractivity contribution in [2.24, 2.45) is 0 Å². The van der Waals surface area contributed by atoms with E-state index >= 15 is 0 Å². The van der Waals surface area contributed by atoms with Crippen LogP contribution in [-0.2, 0) is 9.84 Å². The fourth-order valence-corrected chi connectivity index (χ4v) is 3.14. The SMILES string of the molecule is O=S(=O)(c1c(F)cc(F)cc1F)c1c(F)cc(F)cc1F. The van der Waals surface area contributed by atoms with Crippen molar-refractivity contribution in [1.82, 2.24) is 0 Å². The summed E-state index contributed by atoms with van der Waals surface area (Å²) in [5.74, 6) is -10.3. The van der Waals surface area contributed by atoms with Crippen LogP contribution in [0, 0.1) is 34.9 Å². The minimum absolute atomic E-state index is 0.0370. The summed E-state index contributed by atoms with van der Waals surface area (Å²) in [7, 11) is -5.33. The molecule has 21 heavy (non-hydrogen) atoms. The van der Waals surface area contributed by atoms with E-state index in [1.165, 1.54) is 0 Å². The highest BCUT2D eigenvalue weighted by molar-refractivity contribution is 7.91. The first-order valence-corrected chi connectivity index (χ1v) is 6.67. The second-order valence-electron chi connectivity index (χ2n) is 3.90. The minimum Gasteiger partial charge on any atom is -0.218 e. The van der Waals surface area contributed by atoms with Gasteiger partial charge in [0.05, 0.1) is 0 Å². The van der Waals surface area contributed by atoms with Crippen LogP contribution in [0.5, 0.6) is 0 Å². The van der Waals surface area contributed by atoms with Gasteiger partial charge in [-0.25, -0.2) is 34.8 Å². The highest BCUT2D eigenvalue weighted by atomic mass is 32.2. The van der Waals surface area contributed by atoms with Crippen LogP contribution in [0.2, 0.25) is 0 Å². The maximum Gasteiger partial charge on any atom is 0.218 e. The van der Waals surface area contributed by atoms with Gasteiger partial charge in [0.25, 0.3) is 0 Å². The number of hydrogen-bond donors (Lipinski definition) is 0. The second-order valence-corrected chi connectivity index (χ2v) is 5.72. The van der Waals surface area contributed by atoms with E-state index in [9.17, 15) is 34.8 Å². The van der Waals surface area contributed by atoms with E-state index in [1.807, 2.05) is 0 Å². The van der Waals surface area contributed by atoms with Crippen LogP contribution >= 0.6 is 0 Å². The molecule has 2 rings (SSSR count). The standard InChI is InChI=1S/C12H4F6O2S/c13-5-1-7(15)11(8(16)2-5)21(19,20)12-9(17)3-6(14)4-10(12)18/h1-4H. The van der Waals surface area contributed by atoms with Gasteiger partial charge in [0, 0.05) is 24.3 Å². The van der Waals surface area contributed by atoms with E-state index in [0.717, 1.165) is 0 Å². The molecule has 0 saturated carbocycles. The van der Waals surface area contributed by atoms with Gasteiger partial charge >= 0.3 is 0 Å². The van der Waals surface area contributed by atoms with Crippen LogP contribution < -0.4 is 0 Å². The molecule has 0 spiro atoms. The molecule has 0 aromatic heterocycles. The summed E-state index contributed by atoms with van der Waals surface area (Å²) in [6.07, 6.45) is 0. The molecule has 0 bridgehead atoms. The Morgan fingerprint density at radius 3 is 1.05 bits per heavy atom. The van der Waals surface area contributed by atoms with Crippen molar-refractivity contribution >= 4 is 9.84 Å². The number of benzene rings is 2. The third kappa shape index (κ3) is 2.60. The molecule has 0 radical (unpaired) electrons. The lowest BCUT2D eigenvalue weighted by atomic mass is 10.3. The van der Waals surface area contributed by atoms with Crippen LogP contribution in [0.3, 0.4) is 0 Å². The largest absolute Gasteiger partial charge is 0.218 e. The summed E-state index contributed by atoms with van der Waals surface area (Å²) in [4.78, 5) is -3.46. The summed E-state index contributed by atoms with van der Waals surface area (Å²) in [5, 5.41) is 0. The lowest BCUT2D eigenvalue weighted by molar-refractivity contribution is 0.481. The molecule has 0 unspecified atom stereocenters. The number of rotatable bonds is 2. The van der Waals surface area contributed by atoms with Crippen molar-refractivity contribution in [3.05, 3.63) is 59.2 Å². The first-order valence-electron chi connectivity index (χ1n) is 5.18. The Bertz CT molecular complexity index is 722. The Labute approximate surface area is 114 Å². The molecule has 0 aliphatic heterocycles. The van der Waals surface area contributed by atoms with Crippen LogP contribution in [0.1, 0.15) is 0 Å². The second kappa shape index (κ2) is 5.06. The van der Waals surface area contributed by atoms with Crippen molar-refractivity contribution in [3.8, 4) is 0 Å². The fourth-order valence-electron chi connectivity index (χ4n) is 1.67. The average Bonchev–Trinajstić information content (AvgIpc) is 2.23. The molecule has 2 aromatic carbocycles. The van der Waals surface area contributed by atoms with E-state index in [4.69, 9.17) is 0 Å². The Morgan fingerprint density at radius 2 is 0.810 bits per heavy atom. The summed E-state index contributed by atoms with van der Waals surface area (Å²) < 4.78 is 103. The number of hydrogen-bond acceptors (Lipinski definition) is 2. The zero-order valence-electron chi connectivity index (χ0n) is 9.80. The molecule has 0 fully saturated rings. The lowest BCUT2D eigenvalue weighted by Gasteiger charge is -2.09. The average molecular weight is 326 g/mol. The quantitative estimate of drug-likeness (QED) is 0.626. The van der Waals surface area contributed by atoms with E-state index in [-0.39, 0.29) is 24.3 Å². The Kier molecular flexibility index (Phi) is 3.70. The van der Waals surface area contributed by atoms with Crippen molar-refractivity contribution in [2.75, 3.05) is 0 Å². The van der Waals surface area contributed by atoms with Crippen molar-refractivity contribution in [3.63, 3.8) is 0 Å². The maximum atomic E-state index is 13.5. The van der Waals surface area contributed by atoms with Crippen LogP contribution in [0.15, 0.2) is 34.1 Å². The first kappa shape index (κ1) is 15.4. The Balaban J connectivity index is 2.81. The lowest BCUT2D eigenvalue weighted by Crippen LogP contribution is -2.12. The molecule has 0 N–H and O–H groups in total. The summed E-state index contributed by atoms with van der Waals surface area (Å²) >= 11 is 0. The third-order valence-corrected chi connectivity index (χ3v) is 4.32. The van der Waals surface area contributed by atoms with Gasteiger partial charge in [-0.3, -0.25) is 0 Å². The topological polar surface area (TPSA) is 34.1 Å². The van der Waals surface area contributed by atoms with E-state index < -0.39 is 54.5 Å². The monoisotopic (exact) mass is 326 g/mol. The van der Waals surface area contributed by atoms with E-state index in [2.05, 4.69) is 0 Å². The third-order valence-electron chi connectivity index (χ3n) is 2.46. The molecule has 0 saturated heterocycles. The van der Waals surface area contributed by atoms with Gasteiger partial charge in [-0.05, 0) is 0 Å². The smallest absolute Gasteiger partial charge is 0.218 e. The van der Waals surface area contributed by atoms with Crippen molar-refractivity contribution < 1.29 is 34.8 Å². The van der Waals surface area contributed by atoms with Crippen molar-refractivity contribution in [2.45, 2.75) is 9.79 Å². The van der Waals surface area contributed by atoms with Gasteiger partial charge < -0.3 is 0 Å². The number of halogens is 6. The van der Waals surface area contributed by atoms with Gasteiger partial charge in [-0.15, -0.1) is 0 Å². The highest BCUT2D eigenvalue weighted by Crippen LogP contribution is 2.30. The predicted octanol–water partition coefficient (Wildman–Crippen LogP) is 3.35. The zero-order chi connectivity index (χ0) is 15.9. The van der Waals surface area contributed by atoms with Gasteiger partial charge in [0.15, 0.2) is 0 Å². The molecular weight excluding hydrogens is 322 g/mol. The molecular formula is C12H4F6O2S. The molecule has 0 aliphatic carbocycles. The summed E-state index contributed by atoms with van der Waals surface area (Å²) in [6.45, 7) is 0. The molecule has 9 heteroatoms. The first-order chi connectivity index (χ1) is 9.64. The normalized spacial score (nSPS) is 11.7. The van der Waals surface area contributed by atoms with Crippen molar-refractivity contribution in [1.29, 1.82) is 0 Å². The molecule has 0 atom stereocenters. The Hall–Kier alpha value is -2.03. The number of sulfone groups is 1. The zero-order valence-corrected chi connectivity index (χ0v) is 10.6. The van der Waals surface area contributed by atoms with E-state index in [1.54, 1.807) is 0 Å². The molecule has 0 amide bonds. The van der Waals surface area contributed by atoms with Crippen LogP contribution in [0.25, 0.3) is 0 Å². The molecule has 112 valence electrons. The fraction of sp³-hybridized carbons (Fsp3) is 0. The molecule has 2 aromatic rings. The molecule has 2 nitrogen and oxygen atoms in total. The van der Waals surface area contributed by atoms with Gasteiger partial charge in [0.2, 0.25) is 9.84 Å². The maximum absolute atomic E-state index is 13.5.